The summed E-state index contributed by atoms with van der Waals surface area (Å²) in [7, 11) is -8.19. The Balaban J connectivity index is 2.11. The summed E-state index contributed by atoms with van der Waals surface area (Å²) in [6.45, 7) is 12.8. The summed E-state index contributed by atoms with van der Waals surface area (Å²) in [5, 5.41) is 16.4. The summed E-state index contributed by atoms with van der Waals surface area (Å²) < 4.78 is 60.5. The van der Waals surface area contributed by atoms with Crippen LogP contribution >= 0.6 is 0 Å². The highest BCUT2D eigenvalue weighted by molar-refractivity contribution is 7.90. The molecule has 0 aliphatic carbocycles. The molecule has 0 saturated heterocycles. The van der Waals surface area contributed by atoms with Gasteiger partial charge in [0.1, 0.15) is 0 Å². The van der Waals surface area contributed by atoms with E-state index in [-0.39, 0.29) is 33.1 Å². The molecule has 0 aliphatic heterocycles. The lowest BCUT2D eigenvalue weighted by Gasteiger charge is -2.22. The van der Waals surface area contributed by atoms with E-state index >= 15 is 0 Å². The molecule has 0 unspecified atom stereocenters. The normalized spacial score (nSPS) is 12.8. The lowest BCUT2D eigenvalue weighted by Crippen LogP contribution is -2.36. The SMILES string of the molecule is CCN(CC)/C(=N\S(=O)(=O)c1ccc(C)cc1)c1nnc(/C(=N/S(=O)(=O)c2ccc(C)cc2)N(CC)CC)nn1. The van der Waals surface area contributed by atoms with Gasteiger partial charge in [-0.2, -0.15) is 16.8 Å². The van der Waals surface area contributed by atoms with Crippen LogP contribution in [0.1, 0.15) is 50.5 Å². The van der Waals surface area contributed by atoms with Crippen LogP contribution in [0.5, 0.6) is 0 Å². The second kappa shape index (κ2) is 13.0. The summed E-state index contributed by atoms with van der Waals surface area (Å²) in [6, 6.07) is 12.7. The smallest absolute Gasteiger partial charge is 0.284 e. The summed E-state index contributed by atoms with van der Waals surface area (Å²) in [5.41, 5.74) is 1.82. The highest BCUT2D eigenvalue weighted by Gasteiger charge is 2.25. The third-order valence-electron chi connectivity index (χ3n) is 6.06. The minimum Gasteiger partial charge on any atom is -0.353 e. The van der Waals surface area contributed by atoms with Crippen molar-refractivity contribution in [2.24, 2.45) is 8.80 Å². The first-order valence-electron chi connectivity index (χ1n) is 12.9. The van der Waals surface area contributed by atoms with Gasteiger partial charge >= 0.3 is 0 Å². The standard InChI is InChI=1S/C26H34N8O4S2/c1-7-33(8-2)25(31-39(35,36)21-15-11-19(5)12-16-21)23-27-29-24(30-28-23)26(34(9-3)10-4)32-40(37,38)22-17-13-20(6)14-18-22/h11-18H,7-10H2,1-6H3/b31-25-,32-26-. The first-order chi connectivity index (χ1) is 18.9. The molecule has 0 N–H and O–H groups in total. The number of benzene rings is 2. The molecule has 0 fully saturated rings. The van der Waals surface area contributed by atoms with Gasteiger partial charge in [0.2, 0.25) is 11.6 Å². The van der Waals surface area contributed by atoms with Crippen LogP contribution in [0, 0.1) is 13.8 Å². The van der Waals surface area contributed by atoms with E-state index in [1.165, 1.54) is 24.3 Å². The summed E-state index contributed by atoms with van der Waals surface area (Å²) in [6.07, 6.45) is 0. The van der Waals surface area contributed by atoms with Gasteiger partial charge in [-0.15, -0.1) is 29.2 Å². The molecule has 0 amide bonds. The molecule has 0 radical (unpaired) electrons. The highest BCUT2D eigenvalue weighted by atomic mass is 32.2. The second-order valence-corrected chi connectivity index (χ2v) is 12.0. The average Bonchev–Trinajstić information content (AvgIpc) is 2.93. The fourth-order valence-corrected chi connectivity index (χ4v) is 5.71. The number of amidine groups is 2. The Hall–Kier alpha value is -3.78. The molecule has 0 atom stereocenters. The van der Waals surface area contributed by atoms with Crippen LogP contribution < -0.4 is 0 Å². The molecule has 14 heteroatoms. The van der Waals surface area contributed by atoms with Crippen molar-refractivity contribution in [2.45, 2.75) is 51.3 Å². The molecule has 0 aliphatic rings. The molecule has 3 rings (SSSR count). The molecule has 3 aromatic rings. The molecule has 214 valence electrons. The van der Waals surface area contributed by atoms with E-state index in [2.05, 4.69) is 29.2 Å². The Bertz CT molecular complexity index is 1440. The molecular weight excluding hydrogens is 552 g/mol. The van der Waals surface area contributed by atoms with Crippen LogP contribution in [0.3, 0.4) is 0 Å². The van der Waals surface area contributed by atoms with Crippen molar-refractivity contribution >= 4 is 31.7 Å². The van der Waals surface area contributed by atoms with Gasteiger partial charge in [-0.05, 0) is 65.8 Å². The molecule has 40 heavy (non-hydrogen) atoms. The molecule has 2 aromatic carbocycles. The predicted molar refractivity (Wildman–Crippen MR) is 153 cm³/mol. The van der Waals surface area contributed by atoms with E-state index in [4.69, 9.17) is 0 Å². The molecule has 0 saturated carbocycles. The molecule has 1 heterocycles. The molecule has 0 spiro atoms. The van der Waals surface area contributed by atoms with Gasteiger partial charge in [-0.1, -0.05) is 35.4 Å². The Kier molecular flexibility index (Phi) is 10.0. The second-order valence-electron chi connectivity index (χ2n) is 8.80. The lowest BCUT2D eigenvalue weighted by atomic mass is 10.2. The molecule has 1 aromatic heterocycles. The van der Waals surface area contributed by atoms with E-state index in [1.54, 1.807) is 34.1 Å². The van der Waals surface area contributed by atoms with Crippen molar-refractivity contribution in [1.82, 2.24) is 30.2 Å². The Labute approximate surface area is 236 Å². The van der Waals surface area contributed by atoms with E-state index in [9.17, 15) is 16.8 Å². The zero-order valence-electron chi connectivity index (χ0n) is 23.5. The third-order valence-corrected chi connectivity index (χ3v) is 8.62. The van der Waals surface area contributed by atoms with Crippen LogP contribution in [0.25, 0.3) is 0 Å². The average molecular weight is 587 g/mol. The third kappa shape index (κ3) is 7.24. The molecular formula is C26H34N8O4S2. The van der Waals surface area contributed by atoms with E-state index < -0.39 is 20.0 Å². The summed E-state index contributed by atoms with van der Waals surface area (Å²) in [5.74, 6) is -0.289. The van der Waals surface area contributed by atoms with Crippen LogP contribution in [-0.2, 0) is 20.0 Å². The maximum Gasteiger partial charge on any atom is 0.284 e. The number of hydrogen-bond acceptors (Lipinski definition) is 8. The molecule has 0 bridgehead atoms. The van der Waals surface area contributed by atoms with Crippen molar-refractivity contribution in [3.8, 4) is 0 Å². The Morgan fingerprint density at radius 2 is 0.850 bits per heavy atom. The van der Waals surface area contributed by atoms with Gasteiger partial charge in [-0.25, -0.2) is 0 Å². The van der Waals surface area contributed by atoms with Crippen molar-refractivity contribution < 1.29 is 16.8 Å². The first kappa shape index (κ1) is 30.8. The first-order valence-corrected chi connectivity index (χ1v) is 15.7. The van der Waals surface area contributed by atoms with Gasteiger partial charge in [0.15, 0.2) is 11.7 Å². The van der Waals surface area contributed by atoms with Gasteiger partial charge in [0, 0.05) is 26.2 Å². The van der Waals surface area contributed by atoms with Crippen molar-refractivity contribution in [3.63, 3.8) is 0 Å². The number of aromatic nitrogens is 4. The van der Waals surface area contributed by atoms with Gasteiger partial charge in [0.05, 0.1) is 9.79 Å². The Morgan fingerprint density at radius 1 is 0.575 bits per heavy atom. The van der Waals surface area contributed by atoms with Crippen molar-refractivity contribution in [3.05, 3.63) is 71.3 Å². The Morgan fingerprint density at radius 3 is 1.10 bits per heavy atom. The van der Waals surface area contributed by atoms with Gasteiger partial charge < -0.3 is 9.80 Å². The van der Waals surface area contributed by atoms with Crippen LogP contribution in [0.15, 0.2) is 67.1 Å². The van der Waals surface area contributed by atoms with Crippen molar-refractivity contribution in [1.29, 1.82) is 0 Å². The van der Waals surface area contributed by atoms with E-state index in [0.717, 1.165) is 11.1 Å². The van der Waals surface area contributed by atoms with E-state index in [0.29, 0.717) is 26.2 Å². The minimum absolute atomic E-state index is 0.0225. The topological polar surface area (TPSA) is 151 Å². The predicted octanol–water partition coefficient (Wildman–Crippen LogP) is 2.84. The number of rotatable bonds is 10. The van der Waals surface area contributed by atoms with Gasteiger partial charge in [-0.3, -0.25) is 0 Å². The summed E-state index contributed by atoms with van der Waals surface area (Å²) >= 11 is 0. The fraction of sp³-hybridized carbons (Fsp3) is 0.385. The fourth-order valence-electron chi connectivity index (χ4n) is 3.69. The zero-order valence-corrected chi connectivity index (χ0v) is 25.1. The van der Waals surface area contributed by atoms with Crippen molar-refractivity contribution in [2.75, 3.05) is 26.2 Å². The van der Waals surface area contributed by atoms with Crippen LogP contribution in [0.2, 0.25) is 0 Å². The number of hydrogen-bond donors (Lipinski definition) is 0. The zero-order chi connectivity index (χ0) is 29.5. The maximum absolute atomic E-state index is 13.1. The quantitative estimate of drug-likeness (QED) is 0.256. The summed E-state index contributed by atoms with van der Waals surface area (Å²) in [4.78, 5) is 3.39. The minimum atomic E-state index is -4.10. The highest BCUT2D eigenvalue weighted by Crippen LogP contribution is 2.17. The van der Waals surface area contributed by atoms with Gasteiger partial charge in [0.25, 0.3) is 20.0 Å². The largest absolute Gasteiger partial charge is 0.353 e. The molecule has 12 nitrogen and oxygen atoms in total. The maximum atomic E-state index is 13.1. The van der Waals surface area contributed by atoms with E-state index in [1.807, 2.05) is 41.5 Å². The van der Waals surface area contributed by atoms with Crippen LogP contribution in [0.4, 0.5) is 0 Å². The number of nitrogens with zero attached hydrogens (tertiary/aromatic N) is 8. The number of aryl methyl sites for hydroxylation is 2. The monoisotopic (exact) mass is 586 g/mol. The lowest BCUT2D eigenvalue weighted by molar-refractivity contribution is 0.458. The van der Waals surface area contributed by atoms with Crippen LogP contribution in [-0.4, -0.2) is 84.9 Å². The number of sulfonamides is 2.